The van der Waals surface area contributed by atoms with Gasteiger partial charge in [-0.2, -0.15) is 0 Å². The van der Waals surface area contributed by atoms with Gasteiger partial charge < -0.3 is 55.8 Å². The molecule has 0 aromatic carbocycles. The van der Waals surface area contributed by atoms with E-state index >= 15 is 0 Å². The van der Waals surface area contributed by atoms with Crippen molar-refractivity contribution in [2.75, 3.05) is 66.1 Å². The van der Waals surface area contributed by atoms with Crippen LogP contribution in [0.25, 0.3) is 0 Å². The molecule has 0 aromatic rings. The number of hydrogen-bond acceptors (Lipinski definition) is 11. The maximum atomic E-state index is 10.4. The fraction of sp³-hybridized carbons (Fsp3) is 1.00. The largest absolute Gasteiger partial charge is 0.396 e. The third-order valence-electron chi connectivity index (χ3n) is 6.43. The highest BCUT2D eigenvalue weighted by Gasteiger charge is 2.52. The van der Waals surface area contributed by atoms with Crippen molar-refractivity contribution in [2.24, 2.45) is 22.2 Å². The van der Waals surface area contributed by atoms with E-state index < -0.39 is 93.3 Å². The Morgan fingerprint density at radius 3 is 1.26 bits per heavy atom. The molecule has 0 spiro atoms. The first kappa shape index (κ1) is 30.6. The molecule has 11 nitrogen and oxygen atoms in total. The number of rotatable bonds is 18. The molecule has 0 amide bonds. The van der Waals surface area contributed by atoms with E-state index in [2.05, 4.69) is 0 Å². The highest BCUT2D eigenvalue weighted by Crippen LogP contribution is 2.45. The summed E-state index contributed by atoms with van der Waals surface area (Å²) < 4.78 is 6.13. The van der Waals surface area contributed by atoms with Gasteiger partial charge in [-0.05, 0) is 12.8 Å². The van der Waals surface area contributed by atoms with Crippen LogP contribution in [0.5, 0.6) is 0 Å². The van der Waals surface area contributed by atoms with Gasteiger partial charge in [-0.25, -0.2) is 0 Å². The monoisotopic (exact) mass is 458 g/mol. The summed E-state index contributed by atoms with van der Waals surface area (Å²) in [6, 6.07) is 0. The van der Waals surface area contributed by atoms with Crippen LogP contribution in [0.15, 0.2) is 0 Å². The SMILES string of the molecule is CC(C(O)CO)C(CC(CO)(CO)CO)(CC(CO)(CO)CO)OCC(C)(CO)CO. The summed E-state index contributed by atoms with van der Waals surface area (Å²) in [4.78, 5) is 0. The van der Waals surface area contributed by atoms with Crippen LogP contribution in [0.2, 0.25) is 0 Å². The van der Waals surface area contributed by atoms with Gasteiger partial charge in [0.15, 0.2) is 0 Å². The summed E-state index contributed by atoms with van der Waals surface area (Å²) in [5, 5.41) is 98.6. The highest BCUT2D eigenvalue weighted by molar-refractivity contribution is 5.01. The lowest BCUT2D eigenvalue weighted by Gasteiger charge is -2.50. The molecule has 188 valence electrons. The van der Waals surface area contributed by atoms with Crippen LogP contribution in [0, 0.1) is 22.2 Å². The van der Waals surface area contributed by atoms with Gasteiger partial charge in [0.05, 0.1) is 77.8 Å². The van der Waals surface area contributed by atoms with Gasteiger partial charge in [0, 0.05) is 22.2 Å². The van der Waals surface area contributed by atoms with E-state index in [4.69, 9.17) is 4.74 Å². The normalized spacial score (nSPS) is 15.9. The van der Waals surface area contributed by atoms with Crippen LogP contribution in [0.4, 0.5) is 0 Å². The van der Waals surface area contributed by atoms with Crippen molar-refractivity contribution < 1.29 is 55.8 Å². The molecule has 11 heteroatoms. The minimum absolute atomic E-state index is 0.279. The maximum absolute atomic E-state index is 10.4. The minimum Gasteiger partial charge on any atom is -0.396 e. The molecule has 0 aliphatic carbocycles. The van der Waals surface area contributed by atoms with Crippen molar-refractivity contribution in [3.8, 4) is 0 Å². The second-order valence-corrected chi connectivity index (χ2v) is 9.32. The van der Waals surface area contributed by atoms with E-state index in [9.17, 15) is 51.1 Å². The Hall–Kier alpha value is -0.440. The van der Waals surface area contributed by atoms with Crippen LogP contribution >= 0.6 is 0 Å². The van der Waals surface area contributed by atoms with Crippen LogP contribution in [-0.4, -0.2) is 129 Å². The molecule has 0 aliphatic rings. The van der Waals surface area contributed by atoms with Gasteiger partial charge >= 0.3 is 0 Å². The average molecular weight is 459 g/mol. The first-order valence-corrected chi connectivity index (χ1v) is 10.3. The third-order valence-corrected chi connectivity index (χ3v) is 6.43. The lowest BCUT2D eigenvalue weighted by Crippen LogP contribution is -2.57. The summed E-state index contributed by atoms with van der Waals surface area (Å²) in [7, 11) is 0. The van der Waals surface area contributed by atoms with Crippen LogP contribution in [0.3, 0.4) is 0 Å². The Morgan fingerprint density at radius 2 is 1.00 bits per heavy atom. The van der Waals surface area contributed by atoms with E-state index in [1.54, 1.807) is 0 Å². The van der Waals surface area contributed by atoms with Crippen molar-refractivity contribution in [2.45, 2.75) is 38.4 Å². The molecule has 0 aromatic heterocycles. The fourth-order valence-electron chi connectivity index (χ4n) is 3.49. The summed E-state index contributed by atoms with van der Waals surface area (Å²) in [6.45, 7) is -2.89. The Morgan fingerprint density at radius 1 is 0.645 bits per heavy atom. The molecule has 0 fully saturated rings. The van der Waals surface area contributed by atoms with E-state index in [0.29, 0.717) is 0 Å². The van der Waals surface area contributed by atoms with Gasteiger partial charge in [0.25, 0.3) is 0 Å². The van der Waals surface area contributed by atoms with Crippen molar-refractivity contribution in [1.82, 2.24) is 0 Å². The van der Waals surface area contributed by atoms with E-state index in [1.165, 1.54) is 13.8 Å². The predicted octanol–water partition coefficient (Wildman–Crippen LogP) is -3.57. The average Bonchev–Trinajstić information content (AvgIpc) is 2.83. The van der Waals surface area contributed by atoms with E-state index in [0.717, 1.165) is 0 Å². The number of aliphatic hydroxyl groups is 10. The quantitative estimate of drug-likeness (QED) is 0.0970. The molecule has 10 N–H and O–H groups in total. The molecule has 0 aliphatic heterocycles. The van der Waals surface area contributed by atoms with Gasteiger partial charge in [-0.1, -0.05) is 13.8 Å². The minimum atomic E-state index is -1.63. The van der Waals surface area contributed by atoms with Crippen molar-refractivity contribution in [1.29, 1.82) is 0 Å². The smallest absolute Gasteiger partial charge is 0.0823 e. The summed E-state index contributed by atoms with van der Waals surface area (Å²) in [6.07, 6.45) is -1.97. The second-order valence-electron chi connectivity index (χ2n) is 9.32. The molecule has 0 saturated carbocycles. The molecule has 2 atom stereocenters. The van der Waals surface area contributed by atoms with Gasteiger partial charge in [-0.3, -0.25) is 0 Å². The zero-order valence-electron chi connectivity index (χ0n) is 18.5. The molecule has 0 bridgehead atoms. The van der Waals surface area contributed by atoms with Crippen molar-refractivity contribution in [3.05, 3.63) is 0 Å². The zero-order chi connectivity index (χ0) is 24.3. The number of ether oxygens (including phenoxy) is 1. The first-order chi connectivity index (χ1) is 14.5. The first-order valence-electron chi connectivity index (χ1n) is 10.3. The Balaban J connectivity index is 6.64. The molecule has 2 unspecified atom stereocenters. The summed E-state index contributed by atoms with van der Waals surface area (Å²) in [5.74, 6) is -0.952. The second kappa shape index (κ2) is 13.3. The van der Waals surface area contributed by atoms with Crippen LogP contribution < -0.4 is 0 Å². The van der Waals surface area contributed by atoms with Gasteiger partial charge in [0.2, 0.25) is 0 Å². The molecule has 0 heterocycles. The zero-order valence-corrected chi connectivity index (χ0v) is 18.5. The third kappa shape index (κ3) is 7.54. The van der Waals surface area contributed by atoms with Crippen LogP contribution in [0.1, 0.15) is 26.7 Å². The number of hydrogen-bond donors (Lipinski definition) is 10. The van der Waals surface area contributed by atoms with Crippen LogP contribution in [-0.2, 0) is 4.74 Å². The maximum Gasteiger partial charge on any atom is 0.0823 e. The van der Waals surface area contributed by atoms with E-state index in [1.807, 2.05) is 0 Å². The van der Waals surface area contributed by atoms with Crippen molar-refractivity contribution in [3.63, 3.8) is 0 Å². The van der Waals surface area contributed by atoms with Crippen molar-refractivity contribution >= 4 is 0 Å². The molecule has 0 radical (unpaired) electrons. The van der Waals surface area contributed by atoms with Gasteiger partial charge in [-0.15, -0.1) is 0 Å². The number of aliphatic hydroxyl groups excluding tert-OH is 10. The summed E-state index contributed by atoms with van der Waals surface area (Å²) in [5.41, 5.74) is -5.78. The Labute approximate surface area is 183 Å². The molecule has 0 saturated heterocycles. The summed E-state index contributed by atoms with van der Waals surface area (Å²) >= 11 is 0. The van der Waals surface area contributed by atoms with E-state index in [-0.39, 0.29) is 19.4 Å². The molecule has 31 heavy (non-hydrogen) atoms. The lowest BCUT2D eigenvalue weighted by molar-refractivity contribution is -0.204. The Bertz CT molecular complexity index is 437. The molecular formula is C20H42O11. The Kier molecular flexibility index (Phi) is 13.1. The fourth-order valence-corrected chi connectivity index (χ4v) is 3.49. The standard InChI is InChI=1S/C20H42O11/c1-15(16(30)3-21)20(4-18(8-24,9-25)10-26,5-19(11-27,12-28)13-29)31-14-17(2,6-22)7-23/h15-16,21-30H,3-14H2,1-2H3. The molecular weight excluding hydrogens is 416 g/mol. The highest BCUT2D eigenvalue weighted by atomic mass is 16.5. The predicted molar refractivity (Wildman–Crippen MR) is 110 cm³/mol. The molecule has 0 rings (SSSR count). The van der Waals surface area contributed by atoms with Gasteiger partial charge in [0.1, 0.15) is 0 Å². The lowest BCUT2D eigenvalue weighted by atomic mass is 9.65. The topological polar surface area (TPSA) is 212 Å².